The van der Waals surface area contributed by atoms with Gasteiger partial charge in [0.15, 0.2) is 0 Å². The Morgan fingerprint density at radius 1 is 0.692 bits per heavy atom. The molecule has 1 aliphatic heterocycles. The zero-order valence-corrected chi connectivity index (χ0v) is 7.08. The summed E-state index contributed by atoms with van der Waals surface area (Å²) in [4.78, 5) is 0. The molecule has 0 atom stereocenters. The van der Waals surface area contributed by atoms with Crippen molar-refractivity contribution in [3.63, 3.8) is 0 Å². The Morgan fingerprint density at radius 2 is 1.00 bits per heavy atom. The van der Waals surface area contributed by atoms with Crippen LogP contribution in [0.2, 0.25) is 0 Å². The second kappa shape index (κ2) is 2.63. The number of hydrogen-bond donors (Lipinski definition) is 0. The van der Waals surface area contributed by atoms with Gasteiger partial charge in [-0.2, -0.15) is 26.3 Å². The van der Waals surface area contributed by atoms with Gasteiger partial charge in [-0.05, 0) is 0 Å². The summed E-state index contributed by atoms with van der Waals surface area (Å²) < 4.78 is 72.9. The Kier molecular flexibility index (Phi) is 2.10. The van der Waals surface area contributed by atoms with Gasteiger partial charge in [-0.15, -0.1) is 0 Å². The minimum atomic E-state index is -5.40. The number of alkyl halides is 6. The van der Waals surface area contributed by atoms with Gasteiger partial charge in [-0.25, -0.2) is 0 Å². The van der Waals surface area contributed by atoms with Crippen LogP contribution in [-0.2, 0) is 0 Å². The highest BCUT2D eigenvalue weighted by atomic mass is 28.3. The fourth-order valence-electron chi connectivity index (χ4n) is 1.01. The van der Waals surface area contributed by atoms with E-state index in [1.54, 1.807) is 0 Å². The van der Waals surface area contributed by atoms with Crippen LogP contribution in [0.1, 0.15) is 0 Å². The fourth-order valence-corrected chi connectivity index (χ4v) is 3.03. The first kappa shape index (κ1) is 10.4. The third kappa shape index (κ3) is 1.41. The van der Waals surface area contributed by atoms with Crippen LogP contribution >= 0.6 is 0 Å². The lowest BCUT2D eigenvalue weighted by Gasteiger charge is -2.27. The lowest BCUT2D eigenvalue weighted by Crippen LogP contribution is -2.59. The molecule has 1 aliphatic rings. The quantitative estimate of drug-likeness (QED) is 0.433. The van der Waals surface area contributed by atoms with E-state index in [-0.39, 0.29) is 11.4 Å². The Bertz CT molecular complexity index is 229. The van der Waals surface area contributed by atoms with Gasteiger partial charge in [0.25, 0.3) is 0 Å². The lowest BCUT2D eigenvalue weighted by atomic mass is 10.6. The molecular formula is C6H4F6Si. The molecular weight excluding hydrogens is 214 g/mol. The van der Waals surface area contributed by atoms with E-state index in [1.165, 1.54) is 0 Å². The number of hydrogen-bond acceptors (Lipinski definition) is 0. The summed E-state index contributed by atoms with van der Waals surface area (Å²) in [7, 11) is -5.40. The average Bonchev–Trinajstić information content (AvgIpc) is 2.28. The van der Waals surface area contributed by atoms with Gasteiger partial charge in [0.2, 0.25) is 0 Å². The maximum Gasteiger partial charge on any atom is 0.379 e. The molecule has 0 nitrogen and oxygen atoms in total. The molecule has 0 unspecified atom stereocenters. The molecule has 0 aliphatic carbocycles. The highest BCUT2D eigenvalue weighted by Crippen LogP contribution is 2.44. The first-order valence-electron chi connectivity index (χ1n) is 3.21. The first-order chi connectivity index (χ1) is 5.71. The van der Waals surface area contributed by atoms with E-state index in [1.807, 2.05) is 0 Å². The van der Waals surface area contributed by atoms with Crippen LogP contribution < -0.4 is 0 Å². The molecule has 0 aromatic heterocycles. The summed E-state index contributed by atoms with van der Waals surface area (Å²) >= 11 is 0. The third-order valence-corrected chi connectivity index (χ3v) is 5.08. The average molecular weight is 218 g/mol. The van der Waals surface area contributed by atoms with Gasteiger partial charge >= 0.3 is 19.7 Å². The third-order valence-electron chi connectivity index (χ3n) is 1.77. The van der Waals surface area contributed by atoms with Crippen molar-refractivity contribution >= 4 is 8.07 Å². The van der Waals surface area contributed by atoms with E-state index in [0.29, 0.717) is 0 Å². The van der Waals surface area contributed by atoms with E-state index in [4.69, 9.17) is 0 Å². The minimum absolute atomic E-state index is 0.243. The fraction of sp³-hybridized carbons (Fsp3) is 0.333. The minimum Gasteiger partial charge on any atom is -0.175 e. The largest absolute Gasteiger partial charge is 0.379 e. The van der Waals surface area contributed by atoms with Crippen LogP contribution in [0.3, 0.4) is 0 Å². The number of halogens is 6. The van der Waals surface area contributed by atoms with Crippen LogP contribution in [0.25, 0.3) is 0 Å². The van der Waals surface area contributed by atoms with Crippen LogP contribution in [0.4, 0.5) is 26.3 Å². The van der Waals surface area contributed by atoms with Crippen molar-refractivity contribution in [2.24, 2.45) is 0 Å². The molecule has 0 saturated heterocycles. The highest BCUT2D eigenvalue weighted by molar-refractivity contribution is 6.92. The van der Waals surface area contributed by atoms with Crippen LogP contribution in [0.15, 0.2) is 23.6 Å². The zero-order valence-electron chi connectivity index (χ0n) is 6.08. The van der Waals surface area contributed by atoms with Crippen molar-refractivity contribution in [2.75, 3.05) is 0 Å². The zero-order chi connectivity index (χ0) is 10.3. The molecule has 0 aromatic carbocycles. The summed E-state index contributed by atoms with van der Waals surface area (Å²) in [5.74, 6) is -10.4. The van der Waals surface area contributed by atoms with Crippen molar-refractivity contribution < 1.29 is 26.3 Å². The van der Waals surface area contributed by atoms with E-state index in [2.05, 4.69) is 0 Å². The maximum atomic E-state index is 12.2. The second-order valence-electron chi connectivity index (χ2n) is 2.58. The molecule has 1 rings (SSSR count). The predicted octanol–water partition coefficient (Wildman–Crippen LogP) is 2.84. The van der Waals surface area contributed by atoms with Crippen LogP contribution in [0.5, 0.6) is 0 Å². The van der Waals surface area contributed by atoms with Gasteiger partial charge in [0, 0.05) is 0 Å². The van der Waals surface area contributed by atoms with E-state index in [0.717, 1.165) is 12.2 Å². The van der Waals surface area contributed by atoms with E-state index in [9.17, 15) is 26.3 Å². The molecule has 0 bridgehead atoms. The molecule has 0 spiro atoms. The Morgan fingerprint density at radius 3 is 1.15 bits per heavy atom. The van der Waals surface area contributed by atoms with Crippen molar-refractivity contribution in [1.29, 1.82) is 0 Å². The molecule has 1 heterocycles. The van der Waals surface area contributed by atoms with Crippen molar-refractivity contribution in [3.8, 4) is 0 Å². The lowest BCUT2D eigenvalue weighted by molar-refractivity contribution is -0.108. The summed E-state index contributed by atoms with van der Waals surface area (Å²) in [6.07, 6.45) is 1.60. The predicted molar refractivity (Wildman–Crippen MR) is 36.1 cm³/mol. The molecule has 74 valence electrons. The Labute approximate surface area is 70.6 Å². The van der Waals surface area contributed by atoms with Crippen molar-refractivity contribution in [1.82, 2.24) is 0 Å². The molecule has 0 radical (unpaired) electrons. The normalized spacial score (nSPS) is 21.1. The Hall–Kier alpha value is -0.723. The topological polar surface area (TPSA) is 0 Å². The van der Waals surface area contributed by atoms with Gasteiger partial charge in [-0.3, -0.25) is 0 Å². The van der Waals surface area contributed by atoms with Crippen molar-refractivity contribution in [2.45, 2.75) is 11.6 Å². The van der Waals surface area contributed by atoms with Gasteiger partial charge in [0.05, 0.1) is 0 Å². The molecule has 0 aromatic rings. The number of allylic oxidation sites excluding steroid dienone is 2. The Balaban J connectivity index is 3.19. The van der Waals surface area contributed by atoms with Crippen LogP contribution in [-0.4, -0.2) is 19.7 Å². The molecule has 13 heavy (non-hydrogen) atoms. The van der Waals surface area contributed by atoms with Gasteiger partial charge in [0.1, 0.15) is 0 Å². The van der Waals surface area contributed by atoms with Crippen LogP contribution in [0, 0.1) is 0 Å². The molecule has 0 fully saturated rings. The summed E-state index contributed by atoms with van der Waals surface area (Å²) in [6.45, 7) is 0. The van der Waals surface area contributed by atoms with Crippen molar-refractivity contribution in [3.05, 3.63) is 23.6 Å². The smallest absolute Gasteiger partial charge is 0.175 e. The molecule has 0 saturated carbocycles. The SMILES string of the molecule is FC(F)(F)[Si]1(C(F)(F)F)C=CC=C1. The van der Waals surface area contributed by atoms with E-state index < -0.39 is 19.7 Å². The summed E-state index contributed by atoms with van der Waals surface area (Å²) in [5, 5.41) is 0. The maximum absolute atomic E-state index is 12.2. The second-order valence-corrected chi connectivity index (χ2v) is 6.12. The number of rotatable bonds is 0. The van der Waals surface area contributed by atoms with Gasteiger partial charge in [-0.1, -0.05) is 23.6 Å². The molecule has 0 N–H and O–H groups in total. The van der Waals surface area contributed by atoms with E-state index >= 15 is 0 Å². The summed E-state index contributed by atoms with van der Waals surface area (Å²) in [6, 6.07) is 0. The molecule has 7 heteroatoms. The monoisotopic (exact) mass is 218 g/mol. The highest BCUT2D eigenvalue weighted by Gasteiger charge is 2.71. The first-order valence-corrected chi connectivity index (χ1v) is 5.37. The van der Waals surface area contributed by atoms with Gasteiger partial charge < -0.3 is 0 Å². The summed E-state index contributed by atoms with van der Waals surface area (Å²) in [5.41, 5.74) is 0.486. The standard InChI is InChI=1S/C6H4F6Si/c7-5(8,9)13(6(10,11)12)3-1-2-4-13/h1-4H. The molecule has 0 amide bonds.